The molecular formula is C15H25IN6O. The lowest BCUT2D eigenvalue weighted by Crippen LogP contribution is -2.47. The van der Waals surface area contributed by atoms with Crippen molar-refractivity contribution in [3.63, 3.8) is 0 Å². The van der Waals surface area contributed by atoms with E-state index < -0.39 is 0 Å². The lowest BCUT2D eigenvalue weighted by molar-refractivity contribution is -0.127. The zero-order valence-electron chi connectivity index (χ0n) is 13.8. The number of hydrogen-bond acceptors (Lipinski definition) is 4. The molecule has 8 heteroatoms. The summed E-state index contributed by atoms with van der Waals surface area (Å²) in [4.78, 5) is 23.9. The van der Waals surface area contributed by atoms with Crippen LogP contribution in [0.3, 0.4) is 0 Å². The number of anilines is 1. The zero-order valence-corrected chi connectivity index (χ0v) is 16.2. The van der Waals surface area contributed by atoms with E-state index in [9.17, 15) is 4.79 Å². The Bertz CT molecular complexity index is 522. The van der Waals surface area contributed by atoms with E-state index in [1.807, 2.05) is 24.4 Å². The third kappa shape index (κ3) is 5.85. The molecular weight excluding hydrogens is 407 g/mol. The van der Waals surface area contributed by atoms with Gasteiger partial charge >= 0.3 is 0 Å². The maximum Gasteiger partial charge on any atom is 0.241 e. The molecule has 0 spiro atoms. The topological polar surface area (TPSA) is 72.9 Å². The average molecular weight is 432 g/mol. The second-order valence-electron chi connectivity index (χ2n) is 5.48. The van der Waals surface area contributed by atoms with Gasteiger partial charge in [0.05, 0.1) is 6.54 Å². The number of carbonyl (C=O) groups is 1. The standard InChI is InChI=1S/C15H24N6O.HI/c1-16-15(18-10-14(22)20(2)3)19-12-7-9-21(11-12)13-6-4-5-8-17-13;/h4-6,8,12H,7,9-11H2,1-3H3,(H2,16,18,19);1H. The van der Waals surface area contributed by atoms with Crippen LogP contribution in [0.1, 0.15) is 6.42 Å². The van der Waals surface area contributed by atoms with Crippen molar-refractivity contribution < 1.29 is 4.79 Å². The summed E-state index contributed by atoms with van der Waals surface area (Å²) in [6.45, 7) is 2.07. The van der Waals surface area contributed by atoms with Gasteiger partial charge in [0.15, 0.2) is 5.96 Å². The molecule has 1 aliphatic heterocycles. The minimum Gasteiger partial charge on any atom is -0.354 e. The zero-order chi connectivity index (χ0) is 15.9. The Hall–Kier alpha value is -1.58. The van der Waals surface area contributed by atoms with Crippen LogP contribution in [0.5, 0.6) is 0 Å². The number of nitrogens with one attached hydrogen (secondary N) is 2. The van der Waals surface area contributed by atoms with E-state index in [-0.39, 0.29) is 36.4 Å². The van der Waals surface area contributed by atoms with Gasteiger partial charge in [-0.05, 0) is 18.6 Å². The molecule has 7 nitrogen and oxygen atoms in total. The second-order valence-corrected chi connectivity index (χ2v) is 5.48. The number of hydrogen-bond donors (Lipinski definition) is 2. The van der Waals surface area contributed by atoms with Gasteiger partial charge in [0, 0.05) is 46.5 Å². The molecule has 2 rings (SSSR count). The Kier molecular flexibility index (Phi) is 8.07. The minimum absolute atomic E-state index is 0. The SMILES string of the molecule is CN=C(NCC(=O)N(C)C)NC1CCN(c2ccccn2)C1.I. The number of amides is 1. The quantitative estimate of drug-likeness (QED) is 0.413. The van der Waals surface area contributed by atoms with Crippen molar-refractivity contribution in [3.05, 3.63) is 24.4 Å². The van der Waals surface area contributed by atoms with Crippen LogP contribution in [0.2, 0.25) is 0 Å². The normalized spacial score (nSPS) is 17.4. The summed E-state index contributed by atoms with van der Waals surface area (Å²) in [5.41, 5.74) is 0. The summed E-state index contributed by atoms with van der Waals surface area (Å²) < 4.78 is 0. The maximum absolute atomic E-state index is 11.6. The molecule has 1 amide bonds. The monoisotopic (exact) mass is 432 g/mol. The Labute approximate surface area is 154 Å². The Morgan fingerprint density at radius 2 is 2.26 bits per heavy atom. The lowest BCUT2D eigenvalue weighted by Gasteiger charge is -2.20. The van der Waals surface area contributed by atoms with Gasteiger partial charge in [0.25, 0.3) is 0 Å². The van der Waals surface area contributed by atoms with Crippen LogP contribution in [0, 0.1) is 0 Å². The van der Waals surface area contributed by atoms with Crippen molar-refractivity contribution in [2.75, 3.05) is 45.7 Å². The number of likely N-dealkylation sites (N-methyl/N-ethyl adjacent to an activating group) is 1. The molecule has 0 radical (unpaired) electrons. The minimum atomic E-state index is 0. The number of halogens is 1. The highest BCUT2D eigenvalue weighted by Crippen LogP contribution is 2.17. The number of guanidine groups is 1. The lowest BCUT2D eigenvalue weighted by atomic mass is 10.3. The smallest absolute Gasteiger partial charge is 0.241 e. The van der Waals surface area contributed by atoms with Crippen molar-refractivity contribution >= 4 is 41.7 Å². The first-order valence-corrected chi connectivity index (χ1v) is 7.43. The molecule has 0 bridgehead atoms. The van der Waals surface area contributed by atoms with E-state index in [2.05, 4.69) is 25.5 Å². The fourth-order valence-electron chi connectivity index (χ4n) is 2.33. The highest BCUT2D eigenvalue weighted by Gasteiger charge is 2.24. The summed E-state index contributed by atoms with van der Waals surface area (Å²) >= 11 is 0. The van der Waals surface area contributed by atoms with E-state index in [1.165, 1.54) is 0 Å². The first kappa shape index (κ1) is 19.5. The number of rotatable bonds is 4. The summed E-state index contributed by atoms with van der Waals surface area (Å²) in [6.07, 6.45) is 2.82. The molecule has 1 saturated heterocycles. The molecule has 1 aliphatic rings. The molecule has 1 aromatic rings. The van der Waals surface area contributed by atoms with Gasteiger partial charge in [-0.1, -0.05) is 6.07 Å². The first-order chi connectivity index (χ1) is 10.6. The number of aliphatic imine (C=N–C) groups is 1. The molecule has 2 heterocycles. The Morgan fingerprint density at radius 3 is 2.87 bits per heavy atom. The third-order valence-electron chi connectivity index (χ3n) is 3.63. The van der Waals surface area contributed by atoms with E-state index in [1.54, 1.807) is 26.0 Å². The second kappa shape index (κ2) is 9.53. The van der Waals surface area contributed by atoms with Crippen molar-refractivity contribution in [3.8, 4) is 0 Å². The van der Waals surface area contributed by atoms with Gasteiger partial charge < -0.3 is 20.4 Å². The van der Waals surface area contributed by atoms with Gasteiger partial charge in [0.2, 0.25) is 5.91 Å². The fourth-order valence-corrected chi connectivity index (χ4v) is 2.33. The van der Waals surface area contributed by atoms with Crippen LogP contribution in [0.25, 0.3) is 0 Å². The number of aromatic nitrogens is 1. The predicted molar refractivity (Wildman–Crippen MR) is 103 cm³/mol. The summed E-state index contributed by atoms with van der Waals surface area (Å²) in [5, 5.41) is 6.40. The molecule has 0 aromatic carbocycles. The van der Waals surface area contributed by atoms with Crippen LogP contribution < -0.4 is 15.5 Å². The predicted octanol–water partition coefficient (Wildman–Crippen LogP) is 0.532. The van der Waals surface area contributed by atoms with Crippen molar-refractivity contribution in [1.82, 2.24) is 20.5 Å². The molecule has 128 valence electrons. The van der Waals surface area contributed by atoms with Gasteiger partial charge in [0.1, 0.15) is 5.82 Å². The average Bonchev–Trinajstić information content (AvgIpc) is 3.00. The van der Waals surface area contributed by atoms with E-state index in [0.717, 1.165) is 25.3 Å². The van der Waals surface area contributed by atoms with Crippen LogP contribution in [-0.2, 0) is 4.79 Å². The molecule has 1 unspecified atom stereocenters. The van der Waals surface area contributed by atoms with Crippen LogP contribution in [0.15, 0.2) is 29.4 Å². The molecule has 0 aliphatic carbocycles. The number of nitrogens with zero attached hydrogens (tertiary/aromatic N) is 4. The van der Waals surface area contributed by atoms with Crippen LogP contribution in [-0.4, -0.2) is 68.6 Å². The fraction of sp³-hybridized carbons (Fsp3) is 0.533. The van der Waals surface area contributed by atoms with E-state index in [4.69, 9.17) is 0 Å². The van der Waals surface area contributed by atoms with Gasteiger partial charge in [-0.15, -0.1) is 24.0 Å². The molecule has 23 heavy (non-hydrogen) atoms. The molecule has 1 aromatic heterocycles. The highest BCUT2D eigenvalue weighted by molar-refractivity contribution is 14.0. The van der Waals surface area contributed by atoms with Gasteiger partial charge in [-0.25, -0.2) is 4.98 Å². The first-order valence-electron chi connectivity index (χ1n) is 7.43. The van der Waals surface area contributed by atoms with Crippen molar-refractivity contribution in [1.29, 1.82) is 0 Å². The summed E-state index contributed by atoms with van der Waals surface area (Å²) in [5.74, 6) is 1.67. The molecule has 2 N–H and O–H groups in total. The summed E-state index contributed by atoms with van der Waals surface area (Å²) in [7, 11) is 5.19. The van der Waals surface area contributed by atoms with Gasteiger partial charge in [-0.3, -0.25) is 9.79 Å². The van der Waals surface area contributed by atoms with Crippen molar-refractivity contribution in [2.45, 2.75) is 12.5 Å². The molecule has 0 saturated carbocycles. The number of carbonyl (C=O) groups excluding carboxylic acids is 1. The van der Waals surface area contributed by atoms with Gasteiger partial charge in [-0.2, -0.15) is 0 Å². The summed E-state index contributed by atoms with van der Waals surface area (Å²) in [6, 6.07) is 6.23. The molecule has 1 fully saturated rings. The Balaban J connectivity index is 0.00000264. The highest BCUT2D eigenvalue weighted by atomic mass is 127. The largest absolute Gasteiger partial charge is 0.354 e. The van der Waals surface area contributed by atoms with Crippen LogP contribution >= 0.6 is 24.0 Å². The van der Waals surface area contributed by atoms with E-state index >= 15 is 0 Å². The van der Waals surface area contributed by atoms with Crippen LogP contribution in [0.4, 0.5) is 5.82 Å². The number of pyridine rings is 1. The van der Waals surface area contributed by atoms with Crippen molar-refractivity contribution in [2.24, 2.45) is 4.99 Å². The maximum atomic E-state index is 11.6. The third-order valence-corrected chi connectivity index (χ3v) is 3.63. The Morgan fingerprint density at radius 1 is 1.48 bits per heavy atom. The van der Waals surface area contributed by atoms with E-state index in [0.29, 0.717) is 12.0 Å². The molecule has 1 atom stereocenters.